The quantitative estimate of drug-likeness (QED) is 0.0373. The number of ether oxygens (including phenoxy) is 2. The van der Waals surface area contributed by atoms with E-state index in [1.54, 1.807) is 0 Å². The maximum atomic E-state index is 12.3. The van der Waals surface area contributed by atoms with Crippen LogP contribution in [0.1, 0.15) is 245 Å². The van der Waals surface area contributed by atoms with Gasteiger partial charge in [-0.1, -0.05) is 274 Å². The molecule has 1 unspecified atom stereocenters. The molecular weight excluding hydrogens is 933 g/mol. The van der Waals surface area contributed by atoms with Gasteiger partial charge in [-0.25, -0.2) is 0 Å². The minimum atomic E-state index is -0.795. The number of allylic oxidation sites excluding steroid dienone is 28. The van der Waals surface area contributed by atoms with Crippen LogP contribution in [0.3, 0.4) is 0 Å². The van der Waals surface area contributed by atoms with Crippen molar-refractivity contribution in [3.63, 3.8) is 0 Å². The molecule has 0 rings (SSSR count). The van der Waals surface area contributed by atoms with Crippen LogP contribution in [0.4, 0.5) is 0 Å². The molecule has 5 nitrogen and oxygen atoms in total. The number of hydrogen-bond donors (Lipinski definition) is 1. The topological polar surface area (TPSA) is 72.8 Å². The number of rotatable bonds is 54. The fraction of sp³-hybridized carbons (Fsp3) is 0.577. The van der Waals surface area contributed by atoms with Gasteiger partial charge in [0.15, 0.2) is 6.10 Å². The lowest BCUT2D eigenvalue weighted by Crippen LogP contribution is -2.28. The Kier molecular flexibility index (Phi) is 60.5. The highest BCUT2D eigenvalue weighted by molar-refractivity contribution is 5.70. The summed E-state index contributed by atoms with van der Waals surface area (Å²) >= 11 is 0. The number of aliphatic hydroxyl groups is 1. The molecule has 76 heavy (non-hydrogen) atoms. The second kappa shape index (κ2) is 64.5. The third-order valence-electron chi connectivity index (χ3n) is 12.5. The van der Waals surface area contributed by atoms with Crippen molar-refractivity contribution in [3.05, 3.63) is 170 Å². The van der Waals surface area contributed by atoms with E-state index in [1.807, 2.05) is 0 Å². The standard InChI is InChI=1S/C71H112O5/c1-3-5-7-9-11-13-15-17-19-21-23-25-27-29-31-33-35-37-39-41-43-45-47-49-51-53-55-57-59-61-63-65-70(73)75-68-69(67-72)76-71(74)66-64-62-60-58-56-54-52-50-48-46-44-42-40-38-36-34-32-30-28-26-24-22-20-18-16-14-12-10-8-6-4-2/h5-8,11-14,17-20,23-26,29-32,35-38,42,44,48,50,69,72H,3-4,9-10,15-16,21-22,27-28,33-34,39-41,43,45-47,49,51-68H2,1-2H3/b7-5-,8-6-,13-11-,14-12-,19-17-,20-18-,25-23-,26-24-,31-29-,32-30-,37-35-,38-36-,44-42-,50-48-. The summed E-state index contributed by atoms with van der Waals surface area (Å²) in [5.74, 6) is -0.619. The molecule has 0 aromatic rings. The predicted octanol–water partition coefficient (Wildman–Crippen LogP) is 21.3. The number of carbonyl (C=O) groups excluding carboxylic acids is 2. The third kappa shape index (κ3) is 61.8. The molecule has 0 saturated heterocycles. The first-order valence-corrected chi connectivity index (χ1v) is 30.7. The summed E-state index contributed by atoms with van der Waals surface area (Å²) in [6.07, 6.45) is 100. The molecule has 5 heteroatoms. The summed E-state index contributed by atoms with van der Waals surface area (Å²) in [5.41, 5.74) is 0. The SMILES string of the molecule is CC/C=C\C/C=C\C/C=C\C/C=C\C/C=C\C/C=C\C/C=C\C/C=C\CCCCCCCCC(=O)OC(CO)COC(=O)CCCCCCCCCCCCCC/C=C\C/C=C\C/C=C\C/C=C\C/C=C\C/C=C\CC. The monoisotopic (exact) mass is 1040 g/mol. The predicted molar refractivity (Wildman–Crippen MR) is 333 cm³/mol. The molecule has 0 aromatic carbocycles. The van der Waals surface area contributed by atoms with Crippen molar-refractivity contribution in [2.45, 2.75) is 251 Å². The lowest BCUT2D eigenvalue weighted by Gasteiger charge is -2.15. The first-order chi connectivity index (χ1) is 37.6. The highest BCUT2D eigenvalue weighted by Crippen LogP contribution is 2.15. The average Bonchev–Trinajstić information content (AvgIpc) is 3.42. The van der Waals surface area contributed by atoms with Gasteiger partial charge in [0.05, 0.1) is 6.61 Å². The van der Waals surface area contributed by atoms with E-state index in [0.29, 0.717) is 12.8 Å². The van der Waals surface area contributed by atoms with E-state index in [1.165, 1.54) is 77.0 Å². The summed E-state index contributed by atoms with van der Waals surface area (Å²) < 4.78 is 10.7. The smallest absolute Gasteiger partial charge is 0.306 e. The summed E-state index contributed by atoms with van der Waals surface area (Å²) in [4.78, 5) is 24.6. The zero-order valence-electron chi connectivity index (χ0n) is 48.7. The lowest BCUT2D eigenvalue weighted by atomic mass is 10.0. The fourth-order valence-electron chi connectivity index (χ4n) is 7.99. The Balaban J connectivity index is 3.60. The van der Waals surface area contributed by atoms with Gasteiger partial charge in [0, 0.05) is 12.8 Å². The lowest BCUT2D eigenvalue weighted by molar-refractivity contribution is -0.161. The largest absolute Gasteiger partial charge is 0.462 e. The van der Waals surface area contributed by atoms with Crippen molar-refractivity contribution in [1.82, 2.24) is 0 Å². The molecule has 0 bridgehead atoms. The Hall–Kier alpha value is -4.74. The van der Waals surface area contributed by atoms with Gasteiger partial charge in [-0.05, 0) is 128 Å². The van der Waals surface area contributed by atoms with Crippen LogP contribution in [0.5, 0.6) is 0 Å². The molecule has 0 fully saturated rings. The van der Waals surface area contributed by atoms with Crippen molar-refractivity contribution in [3.8, 4) is 0 Å². The van der Waals surface area contributed by atoms with Gasteiger partial charge < -0.3 is 14.6 Å². The zero-order valence-corrected chi connectivity index (χ0v) is 48.7. The van der Waals surface area contributed by atoms with Gasteiger partial charge in [0.1, 0.15) is 6.61 Å². The molecule has 426 valence electrons. The molecule has 0 amide bonds. The second-order valence-electron chi connectivity index (χ2n) is 19.7. The molecule has 0 aliphatic rings. The molecule has 0 saturated carbocycles. The van der Waals surface area contributed by atoms with Crippen molar-refractivity contribution in [2.75, 3.05) is 13.2 Å². The van der Waals surface area contributed by atoms with Crippen LogP contribution in [-0.4, -0.2) is 36.4 Å². The van der Waals surface area contributed by atoms with Crippen LogP contribution >= 0.6 is 0 Å². The molecule has 0 aliphatic carbocycles. The van der Waals surface area contributed by atoms with Gasteiger partial charge in [0.2, 0.25) is 0 Å². The summed E-state index contributed by atoms with van der Waals surface area (Å²) in [6, 6.07) is 0. The first kappa shape index (κ1) is 71.3. The molecule has 1 N–H and O–H groups in total. The summed E-state index contributed by atoms with van der Waals surface area (Å²) in [7, 11) is 0. The minimum absolute atomic E-state index is 0.0837. The Bertz CT molecular complexity index is 1700. The minimum Gasteiger partial charge on any atom is -0.462 e. The van der Waals surface area contributed by atoms with E-state index in [-0.39, 0.29) is 25.2 Å². The van der Waals surface area contributed by atoms with E-state index >= 15 is 0 Å². The number of hydrogen-bond acceptors (Lipinski definition) is 5. The highest BCUT2D eigenvalue weighted by atomic mass is 16.6. The Morgan fingerprint density at radius 3 is 0.789 bits per heavy atom. The summed E-state index contributed by atoms with van der Waals surface area (Å²) in [6.45, 7) is 3.89. The number of carbonyl (C=O) groups is 2. The van der Waals surface area contributed by atoms with Crippen LogP contribution < -0.4 is 0 Å². The normalized spacial score (nSPS) is 13.5. The number of unbranched alkanes of at least 4 members (excludes halogenated alkanes) is 18. The van der Waals surface area contributed by atoms with Crippen LogP contribution in [-0.2, 0) is 19.1 Å². The third-order valence-corrected chi connectivity index (χ3v) is 12.5. The summed E-state index contributed by atoms with van der Waals surface area (Å²) in [5, 5.41) is 9.68. The Labute approximate surface area is 468 Å². The molecule has 1 atom stereocenters. The van der Waals surface area contributed by atoms with Crippen molar-refractivity contribution >= 4 is 11.9 Å². The molecular formula is C71H112O5. The Morgan fingerprint density at radius 2 is 0.526 bits per heavy atom. The van der Waals surface area contributed by atoms with Crippen molar-refractivity contribution in [1.29, 1.82) is 0 Å². The zero-order chi connectivity index (χ0) is 54.8. The molecule has 0 aliphatic heterocycles. The van der Waals surface area contributed by atoms with Crippen molar-refractivity contribution in [2.24, 2.45) is 0 Å². The van der Waals surface area contributed by atoms with Crippen molar-refractivity contribution < 1.29 is 24.2 Å². The molecule has 0 radical (unpaired) electrons. The van der Waals surface area contributed by atoms with Gasteiger partial charge in [-0.2, -0.15) is 0 Å². The van der Waals surface area contributed by atoms with E-state index in [2.05, 4.69) is 184 Å². The van der Waals surface area contributed by atoms with E-state index in [4.69, 9.17) is 9.47 Å². The highest BCUT2D eigenvalue weighted by Gasteiger charge is 2.16. The van der Waals surface area contributed by atoms with Gasteiger partial charge in [-0.15, -0.1) is 0 Å². The Morgan fingerprint density at radius 1 is 0.303 bits per heavy atom. The second-order valence-corrected chi connectivity index (χ2v) is 19.7. The van der Waals surface area contributed by atoms with E-state index < -0.39 is 6.10 Å². The molecule has 0 aromatic heterocycles. The fourth-order valence-corrected chi connectivity index (χ4v) is 7.99. The van der Waals surface area contributed by atoms with Crippen LogP contribution in [0.15, 0.2) is 170 Å². The van der Waals surface area contributed by atoms with Crippen LogP contribution in [0.25, 0.3) is 0 Å². The van der Waals surface area contributed by atoms with Gasteiger partial charge >= 0.3 is 11.9 Å². The van der Waals surface area contributed by atoms with E-state index in [0.717, 1.165) is 141 Å². The molecule has 0 heterocycles. The first-order valence-electron chi connectivity index (χ1n) is 30.7. The molecule has 0 spiro atoms. The van der Waals surface area contributed by atoms with Crippen LogP contribution in [0.2, 0.25) is 0 Å². The van der Waals surface area contributed by atoms with E-state index in [9.17, 15) is 14.7 Å². The van der Waals surface area contributed by atoms with Crippen LogP contribution in [0, 0.1) is 0 Å². The maximum absolute atomic E-state index is 12.3. The number of aliphatic hydroxyl groups excluding tert-OH is 1. The number of esters is 2. The van der Waals surface area contributed by atoms with Gasteiger partial charge in [0.25, 0.3) is 0 Å². The average molecular weight is 1050 g/mol. The maximum Gasteiger partial charge on any atom is 0.306 e. The van der Waals surface area contributed by atoms with Gasteiger partial charge in [-0.3, -0.25) is 9.59 Å².